The van der Waals surface area contributed by atoms with Crippen molar-refractivity contribution in [1.29, 1.82) is 0 Å². The number of methoxy groups -OCH3 is 1. The summed E-state index contributed by atoms with van der Waals surface area (Å²) in [7, 11) is 1.70. The molecule has 1 aromatic heterocycles. The summed E-state index contributed by atoms with van der Waals surface area (Å²) in [5.74, 6) is 0.467. The van der Waals surface area contributed by atoms with E-state index >= 15 is 0 Å². The lowest BCUT2D eigenvalue weighted by Crippen LogP contribution is -2.41. The number of pyridine rings is 1. The van der Waals surface area contributed by atoms with E-state index in [1.165, 1.54) is 0 Å². The van der Waals surface area contributed by atoms with Crippen LogP contribution < -0.4 is 0 Å². The van der Waals surface area contributed by atoms with E-state index < -0.39 is 0 Å². The molecule has 104 valence electrons. The number of carbonyl (C=O) groups is 1. The van der Waals surface area contributed by atoms with Crippen molar-refractivity contribution in [2.24, 2.45) is 5.92 Å². The molecule has 1 aliphatic rings. The van der Waals surface area contributed by atoms with Gasteiger partial charge in [-0.25, -0.2) is 4.98 Å². The number of nitrogens with zero attached hydrogens (tertiary/aromatic N) is 2. The van der Waals surface area contributed by atoms with Gasteiger partial charge in [0.15, 0.2) is 0 Å². The van der Waals surface area contributed by atoms with E-state index in [1.54, 1.807) is 19.2 Å². The molecule has 1 atom stereocenters. The molecule has 1 amide bonds. The molecule has 0 saturated carbocycles. The standard InChI is InChI=1S/C14H19ClN2O2/c1-10-6-12(7-13(15)16-10)14(18)17-5-3-4-11(8-17)9-19-2/h6-7,11H,3-5,8-9H2,1-2H3. The summed E-state index contributed by atoms with van der Waals surface area (Å²) < 4.78 is 5.18. The molecule has 1 aromatic rings. The third-order valence-corrected chi connectivity index (χ3v) is 3.57. The van der Waals surface area contributed by atoms with Crippen LogP contribution in [0.25, 0.3) is 0 Å². The van der Waals surface area contributed by atoms with Gasteiger partial charge >= 0.3 is 0 Å². The number of hydrogen-bond donors (Lipinski definition) is 0. The van der Waals surface area contributed by atoms with Crippen LogP contribution in [0.15, 0.2) is 12.1 Å². The van der Waals surface area contributed by atoms with Gasteiger partial charge in [0.25, 0.3) is 5.91 Å². The minimum atomic E-state index is 0.0354. The maximum absolute atomic E-state index is 12.5. The number of ether oxygens (including phenoxy) is 1. The van der Waals surface area contributed by atoms with Crippen molar-refractivity contribution in [3.05, 3.63) is 28.5 Å². The van der Waals surface area contributed by atoms with Crippen LogP contribution in [-0.4, -0.2) is 42.6 Å². The van der Waals surface area contributed by atoms with Gasteiger partial charge in [-0.2, -0.15) is 0 Å². The fourth-order valence-electron chi connectivity index (χ4n) is 2.56. The maximum Gasteiger partial charge on any atom is 0.254 e. The van der Waals surface area contributed by atoms with Crippen molar-refractivity contribution in [2.45, 2.75) is 19.8 Å². The van der Waals surface area contributed by atoms with Gasteiger partial charge in [0.05, 0.1) is 6.61 Å². The zero-order valence-electron chi connectivity index (χ0n) is 11.4. The van der Waals surface area contributed by atoms with Crippen LogP contribution in [0.2, 0.25) is 5.15 Å². The Morgan fingerprint density at radius 2 is 2.37 bits per heavy atom. The first-order valence-electron chi connectivity index (χ1n) is 6.52. The van der Waals surface area contributed by atoms with Crippen LogP contribution in [0.4, 0.5) is 0 Å². The summed E-state index contributed by atoms with van der Waals surface area (Å²) in [6.45, 7) is 4.11. The monoisotopic (exact) mass is 282 g/mol. The average molecular weight is 283 g/mol. The van der Waals surface area contributed by atoms with Gasteiger partial charge in [-0.3, -0.25) is 4.79 Å². The fourth-order valence-corrected chi connectivity index (χ4v) is 2.81. The molecule has 1 unspecified atom stereocenters. The lowest BCUT2D eigenvalue weighted by Gasteiger charge is -2.32. The van der Waals surface area contributed by atoms with E-state index in [-0.39, 0.29) is 5.91 Å². The number of likely N-dealkylation sites (tertiary alicyclic amines) is 1. The zero-order chi connectivity index (χ0) is 13.8. The van der Waals surface area contributed by atoms with Crippen molar-refractivity contribution in [2.75, 3.05) is 26.8 Å². The van der Waals surface area contributed by atoms with E-state index in [0.717, 1.165) is 31.6 Å². The lowest BCUT2D eigenvalue weighted by molar-refractivity contribution is 0.0570. The molecule has 1 fully saturated rings. The molecule has 0 N–H and O–H groups in total. The first-order valence-corrected chi connectivity index (χ1v) is 6.90. The number of amides is 1. The molecule has 0 aromatic carbocycles. The Morgan fingerprint density at radius 3 is 3.05 bits per heavy atom. The minimum Gasteiger partial charge on any atom is -0.384 e. The normalized spacial score (nSPS) is 19.5. The summed E-state index contributed by atoms with van der Waals surface area (Å²) in [4.78, 5) is 18.4. The highest BCUT2D eigenvalue weighted by Gasteiger charge is 2.24. The topological polar surface area (TPSA) is 42.4 Å². The number of carbonyl (C=O) groups excluding carboxylic acids is 1. The molecule has 19 heavy (non-hydrogen) atoms. The van der Waals surface area contributed by atoms with Crippen molar-refractivity contribution in [3.8, 4) is 0 Å². The number of halogens is 1. The van der Waals surface area contributed by atoms with Crippen LogP contribution in [0.1, 0.15) is 28.9 Å². The molecular weight excluding hydrogens is 264 g/mol. The van der Waals surface area contributed by atoms with Crippen LogP contribution in [0, 0.1) is 12.8 Å². The predicted octanol–water partition coefficient (Wildman–Crippen LogP) is 2.54. The van der Waals surface area contributed by atoms with E-state index in [2.05, 4.69) is 4.98 Å². The Hall–Kier alpha value is -1.13. The maximum atomic E-state index is 12.5. The Bertz CT molecular complexity index is 443. The first-order chi connectivity index (χ1) is 9.10. The molecule has 1 saturated heterocycles. The Balaban J connectivity index is 2.10. The molecule has 4 nitrogen and oxygen atoms in total. The van der Waals surface area contributed by atoms with E-state index in [4.69, 9.17) is 16.3 Å². The molecule has 2 heterocycles. The van der Waals surface area contributed by atoms with Crippen LogP contribution in [0.5, 0.6) is 0 Å². The van der Waals surface area contributed by atoms with E-state index in [9.17, 15) is 4.79 Å². The molecule has 2 rings (SSSR count). The van der Waals surface area contributed by atoms with Gasteiger partial charge in [0.1, 0.15) is 5.15 Å². The second-order valence-electron chi connectivity index (χ2n) is 5.03. The van der Waals surface area contributed by atoms with Crippen molar-refractivity contribution in [3.63, 3.8) is 0 Å². The second kappa shape index (κ2) is 6.35. The molecule has 0 radical (unpaired) electrons. The highest BCUT2D eigenvalue weighted by molar-refractivity contribution is 6.29. The van der Waals surface area contributed by atoms with Gasteiger partial charge in [0.2, 0.25) is 0 Å². The number of aromatic nitrogens is 1. The third kappa shape index (κ3) is 3.67. The highest BCUT2D eigenvalue weighted by Crippen LogP contribution is 2.20. The Labute approximate surface area is 118 Å². The summed E-state index contributed by atoms with van der Waals surface area (Å²) >= 11 is 5.91. The Kier molecular flexibility index (Phi) is 4.77. The second-order valence-corrected chi connectivity index (χ2v) is 5.42. The first kappa shape index (κ1) is 14.3. The number of piperidine rings is 1. The quantitative estimate of drug-likeness (QED) is 0.800. The largest absolute Gasteiger partial charge is 0.384 e. The summed E-state index contributed by atoms with van der Waals surface area (Å²) in [6.07, 6.45) is 2.14. The van der Waals surface area contributed by atoms with Crippen LogP contribution >= 0.6 is 11.6 Å². The predicted molar refractivity (Wildman–Crippen MR) is 74.5 cm³/mol. The average Bonchev–Trinajstić information content (AvgIpc) is 2.37. The number of aryl methyl sites for hydroxylation is 1. The SMILES string of the molecule is COCC1CCCN(C(=O)c2cc(C)nc(Cl)c2)C1. The van der Waals surface area contributed by atoms with Gasteiger partial charge < -0.3 is 9.64 Å². The van der Waals surface area contributed by atoms with Crippen molar-refractivity contribution >= 4 is 17.5 Å². The van der Waals surface area contributed by atoms with Gasteiger partial charge in [-0.15, -0.1) is 0 Å². The number of hydrogen-bond acceptors (Lipinski definition) is 3. The smallest absolute Gasteiger partial charge is 0.254 e. The molecular formula is C14H19ClN2O2. The van der Waals surface area contributed by atoms with Crippen LogP contribution in [0.3, 0.4) is 0 Å². The van der Waals surface area contributed by atoms with Crippen molar-refractivity contribution < 1.29 is 9.53 Å². The van der Waals surface area contributed by atoms with Crippen molar-refractivity contribution in [1.82, 2.24) is 9.88 Å². The third-order valence-electron chi connectivity index (χ3n) is 3.38. The lowest BCUT2D eigenvalue weighted by atomic mass is 9.98. The van der Waals surface area contributed by atoms with E-state index in [0.29, 0.717) is 23.2 Å². The summed E-state index contributed by atoms with van der Waals surface area (Å²) in [5, 5.41) is 0.369. The van der Waals surface area contributed by atoms with Gasteiger partial charge in [0, 0.05) is 31.5 Å². The van der Waals surface area contributed by atoms with Crippen LogP contribution in [-0.2, 0) is 4.74 Å². The molecule has 0 bridgehead atoms. The van der Waals surface area contributed by atoms with E-state index in [1.807, 2.05) is 11.8 Å². The Morgan fingerprint density at radius 1 is 1.58 bits per heavy atom. The minimum absolute atomic E-state index is 0.0354. The molecule has 0 spiro atoms. The number of rotatable bonds is 3. The highest BCUT2D eigenvalue weighted by atomic mass is 35.5. The summed E-state index contributed by atoms with van der Waals surface area (Å²) in [6, 6.07) is 3.42. The fraction of sp³-hybridized carbons (Fsp3) is 0.571. The van der Waals surface area contributed by atoms with Gasteiger partial charge in [-0.05, 0) is 37.8 Å². The zero-order valence-corrected chi connectivity index (χ0v) is 12.1. The summed E-state index contributed by atoms with van der Waals surface area (Å²) in [5.41, 5.74) is 1.39. The van der Waals surface area contributed by atoms with Gasteiger partial charge in [-0.1, -0.05) is 11.6 Å². The molecule has 0 aliphatic carbocycles. The molecule has 5 heteroatoms. The molecule has 1 aliphatic heterocycles.